The molecule has 23 heavy (non-hydrogen) atoms. The minimum absolute atomic E-state index is 0.199. The van der Waals surface area contributed by atoms with Gasteiger partial charge in [-0.3, -0.25) is 9.69 Å². The molecule has 0 atom stereocenters. The first kappa shape index (κ1) is 16.2. The van der Waals surface area contributed by atoms with Crippen LogP contribution in [0.2, 0.25) is 0 Å². The van der Waals surface area contributed by atoms with Crippen LogP contribution in [0.15, 0.2) is 4.42 Å². The summed E-state index contributed by atoms with van der Waals surface area (Å²) in [5.41, 5.74) is 0. The Kier molecular flexibility index (Phi) is 5.45. The van der Waals surface area contributed by atoms with Crippen molar-refractivity contribution in [3.63, 3.8) is 0 Å². The number of morpholine rings is 1. The third-order valence-corrected chi connectivity index (χ3v) is 4.29. The van der Waals surface area contributed by atoms with E-state index in [1.54, 1.807) is 0 Å². The second kappa shape index (κ2) is 7.74. The normalized spacial score (nSPS) is 20.0. The SMILES string of the molecule is CCCc1nnc(N2CCN(CC(=O)N3CCOCC3)CC2)o1. The Morgan fingerprint density at radius 2 is 1.83 bits per heavy atom. The van der Waals surface area contributed by atoms with Gasteiger partial charge in [-0.05, 0) is 6.42 Å². The lowest BCUT2D eigenvalue weighted by molar-refractivity contribution is -0.136. The fourth-order valence-electron chi connectivity index (χ4n) is 2.89. The zero-order valence-electron chi connectivity index (χ0n) is 13.7. The highest BCUT2D eigenvalue weighted by Crippen LogP contribution is 2.15. The number of aryl methyl sites for hydroxylation is 1. The lowest BCUT2D eigenvalue weighted by atomic mass is 10.3. The van der Waals surface area contributed by atoms with Crippen molar-refractivity contribution < 1.29 is 13.9 Å². The molecule has 8 heteroatoms. The van der Waals surface area contributed by atoms with Crippen molar-refractivity contribution in [3.8, 4) is 0 Å². The smallest absolute Gasteiger partial charge is 0.318 e. The van der Waals surface area contributed by atoms with Crippen LogP contribution in [0.1, 0.15) is 19.2 Å². The summed E-state index contributed by atoms with van der Waals surface area (Å²) in [6, 6.07) is 0.604. The molecule has 2 aliphatic rings. The van der Waals surface area contributed by atoms with Crippen LogP contribution < -0.4 is 4.90 Å². The Hall–Kier alpha value is -1.67. The third kappa shape index (κ3) is 4.20. The third-order valence-electron chi connectivity index (χ3n) is 4.29. The Balaban J connectivity index is 1.45. The number of ether oxygens (including phenoxy) is 1. The average molecular weight is 323 g/mol. The number of amides is 1. The van der Waals surface area contributed by atoms with Gasteiger partial charge >= 0.3 is 6.01 Å². The van der Waals surface area contributed by atoms with Crippen molar-refractivity contribution in [2.45, 2.75) is 19.8 Å². The summed E-state index contributed by atoms with van der Waals surface area (Å²) >= 11 is 0. The minimum atomic E-state index is 0.199. The Morgan fingerprint density at radius 3 is 2.52 bits per heavy atom. The molecule has 0 spiro atoms. The van der Waals surface area contributed by atoms with Gasteiger partial charge in [-0.1, -0.05) is 12.0 Å². The second-order valence-electron chi connectivity index (χ2n) is 5.98. The largest absolute Gasteiger partial charge is 0.408 e. The van der Waals surface area contributed by atoms with Crippen LogP contribution in [0.4, 0.5) is 6.01 Å². The van der Waals surface area contributed by atoms with Crippen molar-refractivity contribution in [3.05, 3.63) is 5.89 Å². The Labute approximate surface area is 136 Å². The molecule has 1 amide bonds. The molecule has 1 aromatic rings. The highest BCUT2D eigenvalue weighted by molar-refractivity contribution is 5.78. The van der Waals surface area contributed by atoms with Crippen LogP contribution in [0.25, 0.3) is 0 Å². The highest BCUT2D eigenvalue weighted by Gasteiger charge is 2.24. The van der Waals surface area contributed by atoms with Crippen LogP contribution in [-0.2, 0) is 16.0 Å². The van der Waals surface area contributed by atoms with Gasteiger partial charge in [0.1, 0.15) is 0 Å². The molecule has 2 fully saturated rings. The maximum Gasteiger partial charge on any atom is 0.318 e. The topological polar surface area (TPSA) is 74.9 Å². The first-order valence-electron chi connectivity index (χ1n) is 8.41. The number of hydrogen-bond acceptors (Lipinski definition) is 7. The van der Waals surface area contributed by atoms with Gasteiger partial charge in [-0.25, -0.2) is 0 Å². The van der Waals surface area contributed by atoms with Gasteiger partial charge < -0.3 is 19.0 Å². The molecule has 0 aliphatic carbocycles. The summed E-state index contributed by atoms with van der Waals surface area (Å²) in [4.78, 5) is 18.5. The van der Waals surface area contributed by atoms with E-state index in [2.05, 4.69) is 26.9 Å². The van der Waals surface area contributed by atoms with Gasteiger partial charge in [-0.2, -0.15) is 0 Å². The van der Waals surface area contributed by atoms with Crippen molar-refractivity contribution in [2.24, 2.45) is 0 Å². The van der Waals surface area contributed by atoms with E-state index in [9.17, 15) is 4.79 Å². The molecule has 0 unspecified atom stereocenters. The van der Waals surface area contributed by atoms with E-state index in [4.69, 9.17) is 9.15 Å². The summed E-state index contributed by atoms with van der Waals surface area (Å²) < 4.78 is 11.0. The van der Waals surface area contributed by atoms with Crippen LogP contribution in [-0.4, -0.2) is 84.9 Å². The number of hydrogen-bond donors (Lipinski definition) is 0. The van der Waals surface area contributed by atoms with Gasteiger partial charge in [0, 0.05) is 45.7 Å². The first-order chi connectivity index (χ1) is 11.3. The zero-order chi connectivity index (χ0) is 16.1. The number of carbonyl (C=O) groups excluding carboxylic acids is 1. The van der Waals surface area contributed by atoms with Crippen molar-refractivity contribution in [1.29, 1.82) is 0 Å². The summed E-state index contributed by atoms with van der Waals surface area (Å²) in [7, 11) is 0. The molecule has 3 heterocycles. The maximum atomic E-state index is 12.3. The van der Waals surface area contributed by atoms with E-state index >= 15 is 0 Å². The summed E-state index contributed by atoms with van der Waals surface area (Å²) in [6.45, 7) is 8.58. The van der Waals surface area contributed by atoms with Crippen molar-refractivity contribution >= 4 is 11.9 Å². The Bertz CT molecular complexity index is 507. The minimum Gasteiger partial charge on any atom is -0.408 e. The first-order valence-corrected chi connectivity index (χ1v) is 8.41. The van der Waals surface area contributed by atoms with Gasteiger partial charge in [0.05, 0.1) is 19.8 Å². The Morgan fingerprint density at radius 1 is 1.09 bits per heavy atom. The molecular weight excluding hydrogens is 298 g/mol. The summed E-state index contributed by atoms with van der Waals surface area (Å²) in [6.07, 6.45) is 1.82. The number of aromatic nitrogens is 2. The number of carbonyl (C=O) groups is 1. The van der Waals surface area contributed by atoms with E-state index in [0.29, 0.717) is 44.8 Å². The number of piperazine rings is 1. The highest BCUT2D eigenvalue weighted by atomic mass is 16.5. The fraction of sp³-hybridized carbons (Fsp3) is 0.800. The molecule has 0 aromatic carbocycles. The maximum absolute atomic E-state index is 12.3. The number of nitrogens with zero attached hydrogens (tertiary/aromatic N) is 5. The molecule has 2 saturated heterocycles. The quantitative estimate of drug-likeness (QED) is 0.755. The lowest BCUT2D eigenvalue weighted by Crippen LogP contribution is -2.51. The molecule has 8 nitrogen and oxygen atoms in total. The molecule has 0 N–H and O–H groups in total. The van der Waals surface area contributed by atoms with E-state index in [-0.39, 0.29) is 5.91 Å². The molecule has 2 aliphatic heterocycles. The summed E-state index contributed by atoms with van der Waals surface area (Å²) in [5, 5.41) is 8.18. The zero-order valence-corrected chi connectivity index (χ0v) is 13.7. The predicted octanol–water partition coefficient (Wildman–Crippen LogP) is 0.00290. The van der Waals surface area contributed by atoms with E-state index in [0.717, 1.165) is 39.0 Å². The molecule has 0 saturated carbocycles. The molecule has 1 aromatic heterocycles. The van der Waals surface area contributed by atoms with Gasteiger partial charge in [-0.15, -0.1) is 5.10 Å². The monoisotopic (exact) mass is 323 g/mol. The van der Waals surface area contributed by atoms with Gasteiger partial charge in [0.15, 0.2) is 0 Å². The molecule has 0 radical (unpaired) electrons. The van der Waals surface area contributed by atoms with Crippen LogP contribution in [0.3, 0.4) is 0 Å². The van der Waals surface area contributed by atoms with Crippen molar-refractivity contribution in [1.82, 2.24) is 20.0 Å². The number of rotatable bonds is 5. The fourth-order valence-corrected chi connectivity index (χ4v) is 2.89. The van der Waals surface area contributed by atoms with E-state index in [1.165, 1.54) is 0 Å². The molecular formula is C15H25N5O3. The summed E-state index contributed by atoms with van der Waals surface area (Å²) in [5.74, 6) is 0.900. The van der Waals surface area contributed by atoms with Crippen molar-refractivity contribution in [2.75, 3.05) is 63.9 Å². The van der Waals surface area contributed by atoms with E-state index < -0.39 is 0 Å². The predicted molar refractivity (Wildman–Crippen MR) is 84.3 cm³/mol. The molecule has 0 bridgehead atoms. The lowest BCUT2D eigenvalue weighted by Gasteiger charge is -2.35. The molecule has 3 rings (SSSR count). The van der Waals surface area contributed by atoms with Crippen LogP contribution in [0, 0.1) is 0 Å². The second-order valence-corrected chi connectivity index (χ2v) is 5.98. The number of anilines is 1. The van der Waals surface area contributed by atoms with E-state index in [1.807, 2.05) is 4.90 Å². The molecule has 128 valence electrons. The van der Waals surface area contributed by atoms with Gasteiger partial charge in [0.2, 0.25) is 11.8 Å². The average Bonchev–Trinajstić information content (AvgIpc) is 3.05. The van der Waals surface area contributed by atoms with Crippen LogP contribution in [0.5, 0.6) is 0 Å². The van der Waals surface area contributed by atoms with Gasteiger partial charge in [0.25, 0.3) is 0 Å². The standard InChI is InChI=1S/C15H25N5O3/c1-2-3-13-16-17-15(23-13)20-6-4-18(5-7-20)12-14(21)19-8-10-22-11-9-19/h2-12H2,1H3. The van der Waals surface area contributed by atoms with Crippen LogP contribution >= 0.6 is 0 Å².